The van der Waals surface area contributed by atoms with E-state index in [4.69, 9.17) is 4.74 Å². The van der Waals surface area contributed by atoms with Gasteiger partial charge >= 0.3 is 0 Å². The molecule has 0 unspecified atom stereocenters. The highest BCUT2D eigenvalue weighted by molar-refractivity contribution is 14.0. The van der Waals surface area contributed by atoms with E-state index in [1.54, 1.807) is 0 Å². The molecule has 1 saturated heterocycles. The second kappa shape index (κ2) is 12.8. The lowest BCUT2D eigenvalue weighted by molar-refractivity contribution is -0.127. The molecule has 0 aromatic heterocycles. The fourth-order valence-corrected chi connectivity index (χ4v) is 2.78. The molecule has 1 aromatic carbocycles. The van der Waals surface area contributed by atoms with Gasteiger partial charge in [-0.1, -0.05) is 18.2 Å². The Hall–Kier alpha value is -1.51. The first-order valence-corrected chi connectivity index (χ1v) is 9.19. The largest absolute Gasteiger partial charge is 0.491 e. The fraction of sp³-hybridized carbons (Fsp3) is 0.579. The average molecular weight is 474 g/mol. The van der Waals surface area contributed by atoms with Gasteiger partial charge in [0.1, 0.15) is 12.4 Å². The minimum Gasteiger partial charge on any atom is -0.491 e. The Morgan fingerprint density at radius 3 is 2.81 bits per heavy atom. The van der Waals surface area contributed by atoms with Gasteiger partial charge in [-0.25, -0.2) is 0 Å². The van der Waals surface area contributed by atoms with E-state index in [0.29, 0.717) is 26.1 Å². The molecule has 0 radical (unpaired) electrons. The summed E-state index contributed by atoms with van der Waals surface area (Å²) < 4.78 is 5.78. The monoisotopic (exact) mass is 474 g/mol. The molecule has 7 heteroatoms. The normalized spacial score (nSPS) is 14.2. The van der Waals surface area contributed by atoms with Crippen molar-refractivity contribution < 1.29 is 9.53 Å². The van der Waals surface area contributed by atoms with Crippen LogP contribution < -0.4 is 15.4 Å². The van der Waals surface area contributed by atoms with Gasteiger partial charge in [0, 0.05) is 32.6 Å². The maximum Gasteiger partial charge on any atom is 0.222 e. The van der Waals surface area contributed by atoms with Crippen LogP contribution in [0.25, 0.3) is 0 Å². The van der Waals surface area contributed by atoms with Gasteiger partial charge in [0.2, 0.25) is 5.91 Å². The number of hydrogen-bond acceptors (Lipinski definition) is 3. The number of para-hydroxylation sites is 1. The standard InChI is InChI=1S/C19H30N4O2.HI/c1-3-20-19(21-11-7-14-23-13-6-10-18(23)24)22-12-15-25-17-9-5-4-8-16(17)2;/h4-5,8-9H,3,6-7,10-15H2,1-2H3,(H2,20,21,22);1H. The van der Waals surface area contributed by atoms with Crippen molar-refractivity contribution >= 4 is 35.8 Å². The molecular weight excluding hydrogens is 443 g/mol. The van der Waals surface area contributed by atoms with Crippen molar-refractivity contribution in [3.8, 4) is 5.75 Å². The summed E-state index contributed by atoms with van der Waals surface area (Å²) in [6.07, 6.45) is 2.59. The maximum atomic E-state index is 11.6. The van der Waals surface area contributed by atoms with Gasteiger partial charge < -0.3 is 20.3 Å². The van der Waals surface area contributed by atoms with Crippen LogP contribution in [0.3, 0.4) is 0 Å². The SMILES string of the molecule is CCNC(=NCCCN1CCCC1=O)NCCOc1ccccc1C.I. The second-order valence-electron chi connectivity index (χ2n) is 6.14. The van der Waals surface area contributed by atoms with Crippen LogP contribution in [0.1, 0.15) is 31.7 Å². The zero-order chi connectivity index (χ0) is 17.9. The first-order valence-electron chi connectivity index (χ1n) is 9.19. The quantitative estimate of drug-likeness (QED) is 0.250. The van der Waals surface area contributed by atoms with E-state index >= 15 is 0 Å². The number of carbonyl (C=O) groups is 1. The van der Waals surface area contributed by atoms with Gasteiger partial charge in [-0.05, 0) is 38.3 Å². The molecule has 2 N–H and O–H groups in total. The number of halogens is 1. The lowest BCUT2D eigenvalue weighted by Gasteiger charge is -2.15. The summed E-state index contributed by atoms with van der Waals surface area (Å²) in [5.41, 5.74) is 1.14. The highest BCUT2D eigenvalue weighted by Gasteiger charge is 2.18. The molecule has 0 saturated carbocycles. The minimum absolute atomic E-state index is 0. The average Bonchev–Trinajstić information content (AvgIpc) is 3.02. The number of aliphatic imine (C=N–C) groups is 1. The second-order valence-corrected chi connectivity index (χ2v) is 6.14. The third-order valence-corrected chi connectivity index (χ3v) is 4.12. The molecule has 1 aliphatic rings. The predicted molar refractivity (Wildman–Crippen MR) is 117 cm³/mol. The van der Waals surface area contributed by atoms with Crippen molar-refractivity contribution in [1.29, 1.82) is 0 Å². The number of rotatable bonds is 9. The van der Waals surface area contributed by atoms with Crippen LogP contribution in [-0.4, -0.2) is 56.1 Å². The Morgan fingerprint density at radius 1 is 1.31 bits per heavy atom. The number of nitrogens with zero attached hydrogens (tertiary/aromatic N) is 2. The van der Waals surface area contributed by atoms with E-state index in [2.05, 4.69) is 15.6 Å². The van der Waals surface area contributed by atoms with E-state index in [0.717, 1.165) is 49.7 Å². The molecule has 0 atom stereocenters. The van der Waals surface area contributed by atoms with Crippen molar-refractivity contribution in [2.45, 2.75) is 33.1 Å². The molecule has 26 heavy (non-hydrogen) atoms. The van der Waals surface area contributed by atoms with Crippen molar-refractivity contribution in [3.05, 3.63) is 29.8 Å². The van der Waals surface area contributed by atoms with Crippen molar-refractivity contribution in [2.75, 3.05) is 39.3 Å². The van der Waals surface area contributed by atoms with Crippen LogP contribution in [0.4, 0.5) is 0 Å². The Balaban J connectivity index is 0.00000338. The van der Waals surface area contributed by atoms with Gasteiger partial charge in [-0.15, -0.1) is 24.0 Å². The van der Waals surface area contributed by atoms with Crippen LogP contribution in [0.15, 0.2) is 29.3 Å². The molecule has 1 heterocycles. The Labute approximate surface area is 173 Å². The summed E-state index contributed by atoms with van der Waals surface area (Å²) in [6, 6.07) is 8.01. The Morgan fingerprint density at radius 2 is 2.12 bits per heavy atom. The van der Waals surface area contributed by atoms with Crippen molar-refractivity contribution in [2.24, 2.45) is 4.99 Å². The van der Waals surface area contributed by atoms with E-state index in [1.807, 2.05) is 43.0 Å². The lowest BCUT2D eigenvalue weighted by atomic mass is 10.2. The molecule has 1 aromatic rings. The molecule has 146 valence electrons. The van der Waals surface area contributed by atoms with E-state index in [1.165, 1.54) is 0 Å². The topological polar surface area (TPSA) is 66.0 Å². The first-order chi connectivity index (χ1) is 12.2. The highest BCUT2D eigenvalue weighted by Crippen LogP contribution is 2.15. The van der Waals surface area contributed by atoms with E-state index < -0.39 is 0 Å². The predicted octanol–water partition coefficient (Wildman–Crippen LogP) is 2.56. The van der Waals surface area contributed by atoms with Crippen LogP contribution >= 0.6 is 24.0 Å². The number of carbonyl (C=O) groups excluding carboxylic acids is 1. The number of hydrogen-bond donors (Lipinski definition) is 2. The number of benzene rings is 1. The van der Waals surface area contributed by atoms with E-state index in [9.17, 15) is 4.79 Å². The highest BCUT2D eigenvalue weighted by atomic mass is 127. The molecule has 0 bridgehead atoms. The summed E-state index contributed by atoms with van der Waals surface area (Å²) in [4.78, 5) is 18.1. The molecule has 0 aliphatic carbocycles. The molecular formula is C19H31IN4O2. The van der Waals surface area contributed by atoms with Gasteiger partial charge in [-0.3, -0.25) is 9.79 Å². The molecule has 2 rings (SSSR count). The maximum absolute atomic E-state index is 11.6. The summed E-state index contributed by atoms with van der Waals surface area (Å²) in [6.45, 7) is 8.58. The molecule has 0 spiro atoms. The number of nitrogens with one attached hydrogen (secondary N) is 2. The van der Waals surface area contributed by atoms with Crippen molar-refractivity contribution in [1.82, 2.24) is 15.5 Å². The van der Waals surface area contributed by atoms with Crippen LogP contribution in [0.5, 0.6) is 5.75 Å². The van der Waals surface area contributed by atoms with Crippen LogP contribution in [0, 0.1) is 6.92 Å². The number of guanidine groups is 1. The summed E-state index contributed by atoms with van der Waals surface area (Å²) >= 11 is 0. The van der Waals surface area contributed by atoms with Gasteiger partial charge in [0.15, 0.2) is 5.96 Å². The molecule has 1 aliphatic heterocycles. The number of ether oxygens (including phenoxy) is 1. The zero-order valence-electron chi connectivity index (χ0n) is 15.8. The van der Waals surface area contributed by atoms with Crippen molar-refractivity contribution in [3.63, 3.8) is 0 Å². The molecule has 1 fully saturated rings. The summed E-state index contributed by atoms with van der Waals surface area (Å²) in [7, 11) is 0. The van der Waals surface area contributed by atoms with E-state index in [-0.39, 0.29) is 29.9 Å². The minimum atomic E-state index is 0. The Kier molecular flexibility index (Phi) is 11.1. The zero-order valence-corrected chi connectivity index (χ0v) is 18.1. The summed E-state index contributed by atoms with van der Waals surface area (Å²) in [5, 5.41) is 6.51. The number of amides is 1. The third kappa shape index (κ3) is 7.80. The smallest absolute Gasteiger partial charge is 0.222 e. The number of aryl methyl sites for hydroxylation is 1. The number of likely N-dealkylation sites (tertiary alicyclic amines) is 1. The molecule has 1 amide bonds. The third-order valence-electron chi connectivity index (χ3n) is 4.12. The van der Waals surface area contributed by atoms with Gasteiger partial charge in [-0.2, -0.15) is 0 Å². The molecule has 6 nitrogen and oxygen atoms in total. The first kappa shape index (κ1) is 22.5. The Bertz CT molecular complexity index is 580. The van der Waals surface area contributed by atoms with Gasteiger partial charge in [0.25, 0.3) is 0 Å². The summed E-state index contributed by atoms with van der Waals surface area (Å²) in [5.74, 6) is 1.99. The van der Waals surface area contributed by atoms with Gasteiger partial charge in [0.05, 0.1) is 6.54 Å². The fourth-order valence-electron chi connectivity index (χ4n) is 2.78. The van der Waals surface area contributed by atoms with Crippen LogP contribution in [-0.2, 0) is 4.79 Å². The van der Waals surface area contributed by atoms with Crippen LogP contribution in [0.2, 0.25) is 0 Å². The lowest BCUT2D eigenvalue weighted by Crippen LogP contribution is -2.39.